The quantitative estimate of drug-likeness (QED) is 0.799. The number of amides is 1. The van der Waals surface area contributed by atoms with Crippen LogP contribution in [0.5, 0.6) is 5.75 Å². The number of aromatic nitrogens is 1. The minimum Gasteiger partial charge on any atom is -0.489 e. The van der Waals surface area contributed by atoms with Crippen LogP contribution in [0.15, 0.2) is 18.3 Å². The first kappa shape index (κ1) is 14.4. The van der Waals surface area contributed by atoms with Gasteiger partial charge in [0.1, 0.15) is 0 Å². The predicted octanol–water partition coefficient (Wildman–Crippen LogP) is 1.34. The molecule has 0 saturated heterocycles. The maximum absolute atomic E-state index is 11.9. The Morgan fingerprint density at radius 1 is 1.50 bits per heavy atom. The Balaban J connectivity index is 2.66. The van der Waals surface area contributed by atoms with Crippen LogP contribution < -0.4 is 15.8 Å². The highest BCUT2D eigenvalue weighted by atomic mass is 16.5. The van der Waals surface area contributed by atoms with Crippen molar-refractivity contribution in [3.05, 3.63) is 24.0 Å². The van der Waals surface area contributed by atoms with Crippen LogP contribution >= 0.6 is 0 Å². The topological polar surface area (TPSA) is 77.2 Å². The van der Waals surface area contributed by atoms with Gasteiger partial charge in [-0.15, -0.1) is 0 Å². The van der Waals surface area contributed by atoms with E-state index in [0.717, 1.165) is 6.42 Å². The molecule has 0 spiro atoms. The van der Waals surface area contributed by atoms with E-state index in [-0.39, 0.29) is 18.1 Å². The summed E-state index contributed by atoms with van der Waals surface area (Å²) in [6.45, 7) is 6.25. The number of hydrogen-bond acceptors (Lipinski definition) is 4. The average molecular weight is 251 g/mol. The molecule has 1 rings (SSSR count). The molecule has 0 saturated carbocycles. The van der Waals surface area contributed by atoms with E-state index in [0.29, 0.717) is 18.0 Å². The first-order valence-electron chi connectivity index (χ1n) is 6.16. The van der Waals surface area contributed by atoms with Gasteiger partial charge in [-0.05, 0) is 39.3 Å². The van der Waals surface area contributed by atoms with E-state index in [1.54, 1.807) is 18.3 Å². The lowest BCUT2D eigenvalue weighted by Crippen LogP contribution is -2.30. The van der Waals surface area contributed by atoms with E-state index < -0.39 is 0 Å². The van der Waals surface area contributed by atoms with Gasteiger partial charge in [0.25, 0.3) is 5.91 Å². The molecule has 1 aromatic rings. The predicted molar refractivity (Wildman–Crippen MR) is 70.6 cm³/mol. The lowest BCUT2D eigenvalue weighted by molar-refractivity contribution is 0.0941. The molecule has 0 fully saturated rings. The molecule has 5 nitrogen and oxygen atoms in total. The van der Waals surface area contributed by atoms with Gasteiger partial charge in [0.05, 0.1) is 6.10 Å². The minimum absolute atomic E-state index is 0.00446. The van der Waals surface area contributed by atoms with Gasteiger partial charge in [0.2, 0.25) is 0 Å². The van der Waals surface area contributed by atoms with Crippen molar-refractivity contribution < 1.29 is 9.53 Å². The van der Waals surface area contributed by atoms with E-state index in [1.165, 1.54) is 0 Å². The molecule has 0 aromatic carbocycles. The molecule has 1 heterocycles. The van der Waals surface area contributed by atoms with E-state index in [4.69, 9.17) is 10.5 Å². The second kappa shape index (κ2) is 6.96. The highest BCUT2D eigenvalue weighted by molar-refractivity contribution is 5.94. The summed E-state index contributed by atoms with van der Waals surface area (Å²) in [6.07, 6.45) is 2.32. The monoisotopic (exact) mass is 251 g/mol. The van der Waals surface area contributed by atoms with Crippen LogP contribution in [0.3, 0.4) is 0 Å². The van der Waals surface area contributed by atoms with Crippen molar-refractivity contribution in [1.82, 2.24) is 10.3 Å². The molecule has 0 bridgehead atoms. The van der Waals surface area contributed by atoms with Crippen LogP contribution in [0.4, 0.5) is 0 Å². The van der Waals surface area contributed by atoms with Crippen molar-refractivity contribution in [2.75, 3.05) is 6.54 Å². The van der Waals surface area contributed by atoms with E-state index in [1.807, 2.05) is 20.8 Å². The fourth-order valence-electron chi connectivity index (χ4n) is 1.41. The molecule has 0 aliphatic carbocycles. The Hall–Kier alpha value is -1.62. The highest BCUT2D eigenvalue weighted by Crippen LogP contribution is 2.16. The standard InChI is InChI=1S/C13H21N3O2/c1-9(2)18-11-5-4-7-15-12(11)13(17)16-8-6-10(3)14/h4-5,7,9-10H,6,8,14H2,1-3H3,(H,16,17). The molecular weight excluding hydrogens is 230 g/mol. The van der Waals surface area contributed by atoms with Crippen LogP contribution in [0.1, 0.15) is 37.7 Å². The first-order valence-corrected chi connectivity index (χ1v) is 6.16. The van der Waals surface area contributed by atoms with E-state index in [9.17, 15) is 4.79 Å². The second-order valence-corrected chi connectivity index (χ2v) is 4.54. The van der Waals surface area contributed by atoms with Crippen molar-refractivity contribution in [1.29, 1.82) is 0 Å². The molecule has 1 amide bonds. The summed E-state index contributed by atoms with van der Waals surface area (Å²) in [7, 11) is 0. The number of hydrogen-bond donors (Lipinski definition) is 2. The Bertz CT molecular complexity index is 392. The lowest BCUT2D eigenvalue weighted by atomic mass is 10.2. The fraction of sp³-hybridized carbons (Fsp3) is 0.538. The number of nitrogens with two attached hydrogens (primary N) is 1. The molecule has 18 heavy (non-hydrogen) atoms. The number of pyridine rings is 1. The van der Waals surface area contributed by atoms with Crippen LogP contribution in [-0.4, -0.2) is 29.6 Å². The van der Waals surface area contributed by atoms with Gasteiger partial charge in [0, 0.05) is 18.8 Å². The second-order valence-electron chi connectivity index (χ2n) is 4.54. The molecule has 5 heteroatoms. The van der Waals surface area contributed by atoms with Gasteiger partial charge in [-0.25, -0.2) is 4.98 Å². The van der Waals surface area contributed by atoms with Gasteiger partial charge in [0.15, 0.2) is 11.4 Å². The summed E-state index contributed by atoms with van der Waals surface area (Å²) in [5.41, 5.74) is 5.94. The van der Waals surface area contributed by atoms with E-state index >= 15 is 0 Å². The first-order chi connectivity index (χ1) is 8.50. The summed E-state index contributed by atoms with van der Waals surface area (Å²) >= 11 is 0. The molecule has 1 atom stereocenters. The Morgan fingerprint density at radius 3 is 2.83 bits per heavy atom. The SMILES string of the molecule is CC(N)CCNC(=O)c1ncccc1OC(C)C. The van der Waals surface area contributed by atoms with E-state index in [2.05, 4.69) is 10.3 Å². The number of carbonyl (C=O) groups is 1. The summed E-state index contributed by atoms with van der Waals surface area (Å²) in [4.78, 5) is 16.0. The van der Waals surface area contributed by atoms with Gasteiger partial charge >= 0.3 is 0 Å². The van der Waals surface area contributed by atoms with Gasteiger partial charge in [-0.3, -0.25) is 4.79 Å². The maximum Gasteiger partial charge on any atom is 0.273 e. The Labute approximate surface area is 108 Å². The molecule has 0 aliphatic rings. The van der Waals surface area contributed by atoms with Gasteiger partial charge in [-0.2, -0.15) is 0 Å². The minimum atomic E-state index is -0.230. The normalized spacial score (nSPS) is 12.3. The van der Waals surface area contributed by atoms with Gasteiger partial charge < -0.3 is 15.8 Å². The Morgan fingerprint density at radius 2 is 2.22 bits per heavy atom. The summed E-state index contributed by atoms with van der Waals surface area (Å²) < 4.78 is 5.55. The molecular formula is C13H21N3O2. The number of ether oxygens (including phenoxy) is 1. The summed E-state index contributed by atoms with van der Waals surface area (Å²) in [6, 6.07) is 3.56. The molecule has 0 radical (unpaired) electrons. The number of nitrogens with one attached hydrogen (secondary N) is 1. The van der Waals surface area contributed by atoms with Crippen molar-refractivity contribution in [3.8, 4) is 5.75 Å². The lowest BCUT2D eigenvalue weighted by Gasteiger charge is -2.13. The summed E-state index contributed by atoms with van der Waals surface area (Å²) in [5, 5.41) is 2.78. The molecule has 1 unspecified atom stereocenters. The zero-order valence-corrected chi connectivity index (χ0v) is 11.1. The van der Waals surface area contributed by atoms with Crippen molar-refractivity contribution in [2.24, 2.45) is 5.73 Å². The third-order valence-electron chi connectivity index (χ3n) is 2.23. The zero-order chi connectivity index (χ0) is 13.5. The number of nitrogens with zero attached hydrogens (tertiary/aromatic N) is 1. The fourth-order valence-corrected chi connectivity index (χ4v) is 1.41. The number of carbonyl (C=O) groups excluding carboxylic acids is 1. The molecule has 1 aromatic heterocycles. The van der Waals surface area contributed by atoms with Crippen molar-refractivity contribution in [2.45, 2.75) is 39.3 Å². The van der Waals surface area contributed by atoms with Crippen LogP contribution in [0, 0.1) is 0 Å². The smallest absolute Gasteiger partial charge is 0.273 e. The molecule has 100 valence electrons. The molecule has 0 aliphatic heterocycles. The maximum atomic E-state index is 11.9. The third kappa shape index (κ3) is 4.71. The molecule has 3 N–H and O–H groups in total. The van der Waals surface area contributed by atoms with Gasteiger partial charge in [-0.1, -0.05) is 0 Å². The zero-order valence-electron chi connectivity index (χ0n) is 11.1. The van der Waals surface area contributed by atoms with Crippen molar-refractivity contribution >= 4 is 5.91 Å². The highest BCUT2D eigenvalue weighted by Gasteiger charge is 2.14. The summed E-state index contributed by atoms with van der Waals surface area (Å²) in [5.74, 6) is 0.276. The number of rotatable bonds is 6. The van der Waals surface area contributed by atoms with Crippen LogP contribution in [-0.2, 0) is 0 Å². The largest absolute Gasteiger partial charge is 0.489 e. The van der Waals surface area contributed by atoms with Crippen LogP contribution in [0.25, 0.3) is 0 Å². The Kier molecular flexibility index (Phi) is 5.58. The van der Waals surface area contributed by atoms with Crippen molar-refractivity contribution in [3.63, 3.8) is 0 Å². The average Bonchev–Trinajstić information content (AvgIpc) is 2.28. The van der Waals surface area contributed by atoms with Crippen LogP contribution in [0.2, 0.25) is 0 Å². The third-order valence-corrected chi connectivity index (χ3v) is 2.23.